The zero-order valence-corrected chi connectivity index (χ0v) is 20.1. The van der Waals surface area contributed by atoms with Crippen LogP contribution in [-0.4, -0.2) is 68.6 Å². The van der Waals surface area contributed by atoms with Gasteiger partial charge in [0.2, 0.25) is 16.0 Å². The van der Waals surface area contributed by atoms with Crippen LogP contribution in [0.5, 0.6) is 0 Å². The van der Waals surface area contributed by atoms with Crippen molar-refractivity contribution in [3.05, 3.63) is 41.6 Å². The van der Waals surface area contributed by atoms with Crippen molar-refractivity contribution in [2.45, 2.75) is 56.0 Å². The summed E-state index contributed by atoms with van der Waals surface area (Å²) < 4.78 is 33.8. The second-order valence-corrected chi connectivity index (χ2v) is 11.1. The zero-order valence-electron chi connectivity index (χ0n) is 19.3. The molecule has 8 nitrogen and oxygen atoms in total. The smallest absolute Gasteiger partial charge is 0.243 e. The number of nitrogens with zero attached hydrogens (tertiary/aromatic N) is 5. The monoisotopic (exact) mass is 471 g/mol. The zero-order chi connectivity index (χ0) is 22.8. The van der Waals surface area contributed by atoms with Crippen LogP contribution in [0.3, 0.4) is 0 Å². The number of anilines is 2. The number of aromatic nitrogens is 2. The summed E-state index contributed by atoms with van der Waals surface area (Å²) in [5.74, 6) is 1.63. The molecule has 1 aromatic carbocycles. The first kappa shape index (κ1) is 22.6. The number of rotatable bonds is 5. The van der Waals surface area contributed by atoms with Crippen LogP contribution in [0.4, 0.5) is 11.8 Å². The van der Waals surface area contributed by atoms with Crippen LogP contribution in [0.1, 0.15) is 43.4 Å². The maximum atomic E-state index is 13.3. The number of sulfonamides is 1. The molecular formula is C24H33N5O3S. The Kier molecular flexibility index (Phi) is 6.53. The van der Waals surface area contributed by atoms with E-state index in [1.807, 2.05) is 6.07 Å². The van der Waals surface area contributed by atoms with Crippen molar-refractivity contribution in [2.75, 3.05) is 49.7 Å². The molecule has 178 valence electrons. The molecular weight excluding hydrogens is 438 g/mol. The molecule has 9 heteroatoms. The molecule has 1 aromatic heterocycles. The van der Waals surface area contributed by atoms with E-state index in [0.29, 0.717) is 43.7 Å². The lowest BCUT2D eigenvalue weighted by Gasteiger charge is -2.36. The average Bonchev–Trinajstić information content (AvgIpc) is 2.88. The van der Waals surface area contributed by atoms with E-state index in [-0.39, 0.29) is 0 Å². The number of fused-ring (bicyclic) bond motifs is 1. The van der Waals surface area contributed by atoms with Crippen molar-refractivity contribution in [1.29, 1.82) is 0 Å². The molecule has 1 aliphatic carbocycles. The molecule has 2 aromatic rings. The SMILES string of the molecule is CN(c1nc2c(c(N3CCOCC3)n1)CN(S(=O)(=O)c1ccccc1)CC2)C1CCCCC1. The van der Waals surface area contributed by atoms with Crippen LogP contribution < -0.4 is 9.80 Å². The summed E-state index contributed by atoms with van der Waals surface area (Å²) >= 11 is 0. The highest BCUT2D eigenvalue weighted by Gasteiger charge is 2.33. The van der Waals surface area contributed by atoms with E-state index in [2.05, 4.69) is 16.8 Å². The van der Waals surface area contributed by atoms with Crippen molar-refractivity contribution in [3.8, 4) is 0 Å². The molecule has 0 unspecified atom stereocenters. The van der Waals surface area contributed by atoms with Gasteiger partial charge in [-0.15, -0.1) is 0 Å². The Morgan fingerprint density at radius 3 is 2.45 bits per heavy atom. The molecule has 0 N–H and O–H groups in total. The van der Waals surface area contributed by atoms with Gasteiger partial charge in [0.05, 0.1) is 23.8 Å². The largest absolute Gasteiger partial charge is 0.378 e. The second-order valence-electron chi connectivity index (χ2n) is 9.18. The first-order valence-corrected chi connectivity index (χ1v) is 13.5. The fraction of sp³-hybridized carbons (Fsp3) is 0.583. The Labute approximate surface area is 196 Å². The molecule has 0 spiro atoms. The van der Waals surface area contributed by atoms with Crippen LogP contribution in [-0.2, 0) is 27.7 Å². The summed E-state index contributed by atoms with van der Waals surface area (Å²) in [7, 11) is -1.46. The number of ether oxygens (including phenoxy) is 1. The predicted octanol–water partition coefficient (Wildman–Crippen LogP) is 2.83. The van der Waals surface area contributed by atoms with E-state index >= 15 is 0 Å². The van der Waals surface area contributed by atoms with Gasteiger partial charge in [0.1, 0.15) is 5.82 Å². The Morgan fingerprint density at radius 2 is 1.73 bits per heavy atom. The fourth-order valence-corrected chi connectivity index (χ4v) is 6.56. The van der Waals surface area contributed by atoms with Crippen LogP contribution in [0.25, 0.3) is 0 Å². The molecule has 0 atom stereocenters. The van der Waals surface area contributed by atoms with E-state index in [1.165, 1.54) is 32.1 Å². The molecule has 0 radical (unpaired) electrons. The highest BCUT2D eigenvalue weighted by atomic mass is 32.2. The summed E-state index contributed by atoms with van der Waals surface area (Å²) in [6.07, 6.45) is 6.75. The molecule has 0 bridgehead atoms. The van der Waals surface area contributed by atoms with Gasteiger partial charge in [0.25, 0.3) is 0 Å². The van der Waals surface area contributed by atoms with Gasteiger partial charge in [-0.1, -0.05) is 37.5 Å². The first-order valence-electron chi connectivity index (χ1n) is 12.0. The summed E-state index contributed by atoms with van der Waals surface area (Å²) in [4.78, 5) is 14.8. The third kappa shape index (κ3) is 4.58. The number of benzene rings is 1. The minimum Gasteiger partial charge on any atom is -0.378 e. The summed E-state index contributed by atoms with van der Waals surface area (Å²) in [5, 5.41) is 0. The molecule has 3 aliphatic rings. The second kappa shape index (κ2) is 9.56. The van der Waals surface area contributed by atoms with Crippen molar-refractivity contribution in [3.63, 3.8) is 0 Å². The van der Waals surface area contributed by atoms with Crippen molar-refractivity contribution >= 4 is 21.8 Å². The molecule has 1 saturated heterocycles. The van der Waals surface area contributed by atoms with Crippen LogP contribution in [0.2, 0.25) is 0 Å². The Hall–Kier alpha value is -2.23. The Bertz CT molecular complexity index is 1070. The van der Waals surface area contributed by atoms with Gasteiger partial charge in [-0.05, 0) is 25.0 Å². The summed E-state index contributed by atoms with van der Waals surface area (Å²) in [6, 6.07) is 9.15. The minimum absolute atomic E-state index is 0.298. The first-order chi connectivity index (χ1) is 16.0. The minimum atomic E-state index is -3.57. The quantitative estimate of drug-likeness (QED) is 0.663. The number of morpholine rings is 1. The van der Waals surface area contributed by atoms with Gasteiger partial charge in [0.15, 0.2) is 0 Å². The predicted molar refractivity (Wildman–Crippen MR) is 128 cm³/mol. The van der Waals surface area contributed by atoms with E-state index in [4.69, 9.17) is 14.7 Å². The number of hydrogen-bond donors (Lipinski definition) is 0. The van der Waals surface area contributed by atoms with Gasteiger partial charge in [0, 0.05) is 51.3 Å². The van der Waals surface area contributed by atoms with Crippen LogP contribution in [0.15, 0.2) is 35.2 Å². The summed E-state index contributed by atoms with van der Waals surface area (Å²) in [5.41, 5.74) is 1.91. The lowest BCUT2D eigenvalue weighted by atomic mass is 9.95. The Morgan fingerprint density at radius 1 is 1.00 bits per heavy atom. The molecule has 33 heavy (non-hydrogen) atoms. The fourth-order valence-electron chi connectivity index (χ4n) is 5.13. The lowest BCUT2D eigenvalue weighted by molar-refractivity contribution is 0.122. The highest BCUT2D eigenvalue weighted by Crippen LogP contribution is 2.33. The third-order valence-corrected chi connectivity index (χ3v) is 8.98. The number of hydrogen-bond acceptors (Lipinski definition) is 7. The standard InChI is InChI=1S/C24H33N5O3S/c1-27(19-8-4-2-5-9-19)24-25-22-12-13-29(33(30,31)20-10-6-3-7-11-20)18-21(22)23(26-24)28-14-16-32-17-15-28/h3,6-7,10-11,19H,2,4-5,8-9,12-18H2,1H3. The average molecular weight is 472 g/mol. The molecule has 2 fully saturated rings. The molecule has 3 heterocycles. The maximum absolute atomic E-state index is 13.3. The molecule has 5 rings (SSSR count). The maximum Gasteiger partial charge on any atom is 0.243 e. The molecule has 1 saturated carbocycles. The van der Waals surface area contributed by atoms with E-state index in [9.17, 15) is 8.42 Å². The normalized spacial score (nSPS) is 20.5. The third-order valence-electron chi connectivity index (χ3n) is 7.12. The van der Waals surface area contributed by atoms with E-state index < -0.39 is 10.0 Å². The van der Waals surface area contributed by atoms with Crippen LogP contribution >= 0.6 is 0 Å². The summed E-state index contributed by atoms with van der Waals surface area (Å²) in [6.45, 7) is 3.53. The van der Waals surface area contributed by atoms with Crippen LogP contribution in [0, 0.1) is 0 Å². The topological polar surface area (TPSA) is 78.9 Å². The van der Waals surface area contributed by atoms with Gasteiger partial charge in [-0.2, -0.15) is 9.29 Å². The lowest BCUT2D eigenvalue weighted by Crippen LogP contribution is -2.42. The van der Waals surface area contributed by atoms with E-state index in [0.717, 1.165) is 36.1 Å². The van der Waals surface area contributed by atoms with Crippen molar-refractivity contribution < 1.29 is 13.2 Å². The Balaban J connectivity index is 1.50. The van der Waals surface area contributed by atoms with Gasteiger partial charge >= 0.3 is 0 Å². The van der Waals surface area contributed by atoms with Gasteiger partial charge in [-0.25, -0.2) is 13.4 Å². The van der Waals surface area contributed by atoms with Gasteiger partial charge in [-0.3, -0.25) is 0 Å². The molecule has 0 amide bonds. The van der Waals surface area contributed by atoms with Crippen molar-refractivity contribution in [2.24, 2.45) is 0 Å². The highest BCUT2D eigenvalue weighted by molar-refractivity contribution is 7.89. The van der Waals surface area contributed by atoms with Crippen molar-refractivity contribution in [1.82, 2.24) is 14.3 Å². The molecule has 2 aliphatic heterocycles. The van der Waals surface area contributed by atoms with Gasteiger partial charge < -0.3 is 14.5 Å². The van der Waals surface area contributed by atoms with E-state index in [1.54, 1.807) is 28.6 Å².